The highest BCUT2D eigenvalue weighted by molar-refractivity contribution is 6.31. The third-order valence-corrected chi connectivity index (χ3v) is 5.23. The lowest BCUT2D eigenvalue weighted by atomic mass is 10.2. The van der Waals surface area contributed by atoms with Gasteiger partial charge in [0.2, 0.25) is 5.89 Å². The third-order valence-electron chi connectivity index (χ3n) is 4.83. The molecule has 1 aromatic carbocycles. The average Bonchev–Trinajstić information content (AvgIpc) is 3.41. The summed E-state index contributed by atoms with van der Waals surface area (Å²) in [5, 5.41) is 11.3. The number of hydrogen-bond acceptors (Lipinski definition) is 5. The summed E-state index contributed by atoms with van der Waals surface area (Å²) in [7, 11) is 0. The van der Waals surface area contributed by atoms with Crippen molar-refractivity contribution in [2.24, 2.45) is 0 Å². The first kappa shape index (κ1) is 17.8. The van der Waals surface area contributed by atoms with E-state index < -0.39 is 0 Å². The Bertz CT molecular complexity index is 872. The van der Waals surface area contributed by atoms with Crippen molar-refractivity contribution in [2.45, 2.75) is 25.7 Å². The van der Waals surface area contributed by atoms with E-state index in [2.05, 4.69) is 15.5 Å². The molecule has 142 valence electrons. The molecule has 0 bridgehead atoms. The number of halogens is 1. The SMILES string of the molecule is Cc1ccc(NC(=O)N2CCN(C(=O)c3nnc(C4CC4)o3)CC2)cc1Cl. The minimum absolute atomic E-state index is 0.0316. The van der Waals surface area contributed by atoms with Crippen LogP contribution < -0.4 is 5.32 Å². The van der Waals surface area contributed by atoms with Crippen LogP contribution in [0.15, 0.2) is 22.6 Å². The maximum Gasteiger partial charge on any atom is 0.321 e. The molecule has 2 aliphatic rings. The van der Waals surface area contributed by atoms with Crippen molar-refractivity contribution in [1.29, 1.82) is 0 Å². The predicted molar refractivity (Wildman–Crippen MR) is 99.0 cm³/mol. The highest BCUT2D eigenvalue weighted by Gasteiger charge is 2.32. The van der Waals surface area contributed by atoms with Crippen LogP contribution in [0.25, 0.3) is 0 Å². The van der Waals surface area contributed by atoms with Crippen LogP contribution in [-0.4, -0.2) is 58.1 Å². The minimum atomic E-state index is -0.278. The summed E-state index contributed by atoms with van der Waals surface area (Å²) in [6.45, 7) is 3.60. The number of rotatable bonds is 3. The summed E-state index contributed by atoms with van der Waals surface area (Å²) in [6, 6.07) is 5.18. The molecular formula is C18H20ClN5O3. The second-order valence-corrected chi connectivity index (χ2v) is 7.30. The van der Waals surface area contributed by atoms with E-state index in [0.717, 1.165) is 18.4 Å². The molecule has 3 amide bonds. The number of piperazine rings is 1. The van der Waals surface area contributed by atoms with Gasteiger partial charge in [-0.1, -0.05) is 17.7 Å². The van der Waals surface area contributed by atoms with Gasteiger partial charge in [-0.3, -0.25) is 4.79 Å². The van der Waals surface area contributed by atoms with Gasteiger partial charge < -0.3 is 19.5 Å². The molecule has 1 N–H and O–H groups in total. The smallest absolute Gasteiger partial charge is 0.321 e. The minimum Gasteiger partial charge on any atom is -0.417 e. The summed E-state index contributed by atoms with van der Waals surface area (Å²) in [5.74, 6) is 0.617. The molecule has 1 aliphatic heterocycles. The van der Waals surface area contributed by atoms with E-state index in [-0.39, 0.29) is 17.8 Å². The van der Waals surface area contributed by atoms with Crippen LogP contribution in [0.1, 0.15) is 40.9 Å². The lowest BCUT2D eigenvalue weighted by molar-refractivity contribution is 0.0630. The Morgan fingerprint density at radius 2 is 1.85 bits per heavy atom. The third kappa shape index (κ3) is 3.90. The van der Waals surface area contributed by atoms with E-state index in [0.29, 0.717) is 48.7 Å². The molecule has 9 heteroatoms. The molecule has 8 nitrogen and oxygen atoms in total. The second-order valence-electron chi connectivity index (χ2n) is 6.89. The van der Waals surface area contributed by atoms with Crippen LogP contribution in [0, 0.1) is 6.92 Å². The Morgan fingerprint density at radius 1 is 1.15 bits per heavy atom. The van der Waals surface area contributed by atoms with E-state index in [1.54, 1.807) is 15.9 Å². The number of benzene rings is 1. The Kier molecular flexibility index (Phi) is 4.73. The maximum absolute atomic E-state index is 12.5. The first-order chi connectivity index (χ1) is 13.0. The van der Waals surface area contributed by atoms with E-state index in [1.807, 2.05) is 19.1 Å². The van der Waals surface area contributed by atoms with Crippen molar-refractivity contribution in [2.75, 3.05) is 31.5 Å². The normalized spacial score (nSPS) is 17.1. The van der Waals surface area contributed by atoms with Gasteiger partial charge >= 0.3 is 17.8 Å². The molecule has 4 rings (SSSR count). The van der Waals surface area contributed by atoms with Crippen LogP contribution in [0.3, 0.4) is 0 Å². The molecule has 0 radical (unpaired) electrons. The van der Waals surface area contributed by atoms with Crippen molar-refractivity contribution >= 4 is 29.2 Å². The van der Waals surface area contributed by atoms with Crippen molar-refractivity contribution in [1.82, 2.24) is 20.0 Å². The van der Waals surface area contributed by atoms with E-state index >= 15 is 0 Å². The highest BCUT2D eigenvalue weighted by atomic mass is 35.5. The van der Waals surface area contributed by atoms with Crippen LogP contribution in [0.4, 0.5) is 10.5 Å². The van der Waals surface area contributed by atoms with Crippen LogP contribution in [-0.2, 0) is 0 Å². The quantitative estimate of drug-likeness (QED) is 0.871. The summed E-state index contributed by atoms with van der Waals surface area (Å²) in [6.07, 6.45) is 2.08. The fraction of sp³-hybridized carbons (Fsp3) is 0.444. The number of carbonyl (C=O) groups excluding carboxylic acids is 2. The van der Waals surface area contributed by atoms with Gasteiger partial charge in [0.25, 0.3) is 0 Å². The average molecular weight is 390 g/mol. The predicted octanol–water partition coefficient (Wildman–Crippen LogP) is 2.90. The number of anilines is 1. The van der Waals surface area contributed by atoms with Gasteiger partial charge in [-0.2, -0.15) is 0 Å². The zero-order chi connectivity index (χ0) is 19.0. The molecule has 0 unspecified atom stereocenters. The fourth-order valence-corrected chi connectivity index (χ4v) is 3.12. The number of nitrogens with one attached hydrogen (secondary N) is 1. The van der Waals surface area contributed by atoms with Crippen molar-refractivity contribution in [3.63, 3.8) is 0 Å². The maximum atomic E-state index is 12.5. The van der Waals surface area contributed by atoms with Gasteiger partial charge in [0, 0.05) is 42.8 Å². The Morgan fingerprint density at radius 3 is 2.52 bits per heavy atom. The van der Waals surface area contributed by atoms with Crippen LogP contribution in [0.5, 0.6) is 0 Å². The van der Waals surface area contributed by atoms with E-state index in [1.165, 1.54) is 0 Å². The zero-order valence-corrected chi connectivity index (χ0v) is 15.7. The zero-order valence-electron chi connectivity index (χ0n) is 14.9. The topological polar surface area (TPSA) is 91.6 Å². The van der Waals surface area contributed by atoms with E-state index in [4.69, 9.17) is 16.0 Å². The molecule has 0 spiro atoms. The Balaban J connectivity index is 1.31. The number of carbonyl (C=O) groups is 2. The lowest BCUT2D eigenvalue weighted by Gasteiger charge is -2.34. The van der Waals surface area contributed by atoms with Gasteiger partial charge in [-0.15, -0.1) is 10.2 Å². The van der Waals surface area contributed by atoms with Gasteiger partial charge in [-0.05, 0) is 37.5 Å². The number of aryl methyl sites for hydroxylation is 1. The number of amides is 3. The van der Waals surface area contributed by atoms with Crippen molar-refractivity contribution in [3.05, 3.63) is 40.6 Å². The van der Waals surface area contributed by atoms with Gasteiger partial charge in [0.1, 0.15) is 0 Å². The molecule has 2 heterocycles. The Labute approximate surface area is 161 Å². The fourth-order valence-electron chi connectivity index (χ4n) is 2.94. The van der Waals surface area contributed by atoms with Gasteiger partial charge in [0.05, 0.1) is 0 Å². The number of aromatic nitrogens is 2. The van der Waals surface area contributed by atoms with Crippen LogP contribution >= 0.6 is 11.6 Å². The molecule has 27 heavy (non-hydrogen) atoms. The molecule has 2 fully saturated rings. The van der Waals surface area contributed by atoms with E-state index in [9.17, 15) is 9.59 Å². The van der Waals surface area contributed by atoms with Crippen molar-refractivity contribution < 1.29 is 14.0 Å². The Hall–Kier alpha value is -2.61. The molecular weight excluding hydrogens is 370 g/mol. The summed E-state index contributed by atoms with van der Waals surface area (Å²) in [5.41, 5.74) is 1.60. The summed E-state index contributed by atoms with van der Waals surface area (Å²) >= 11 is 6.09. The number of hydrogen-bond donors (Lipinski definition) is 1. The molecule has 2 aromatic rings. The molecule has 1 saturated carbocycles. The molecule has 1 aromatic heterocycles. The van der Waals surface area contributed by atoms with Gasteiger partial charge in [-0.25, -0.2) is 4.79 Å². The molecule has 1 aliphatic carbocycles. The first-order valence-corrected chi connectivity index (χ1v) is 9.34. The summed E-state index contributed by atoms with van der Waals surface area (Å²) in [4.78, 5) is 28.2. The van der Waals surface area contributed by atoms with Crippen LogP contribution in [0.2, 0.25) is 5.02 Å². The largest absolute Gasteiger partial charge is 0.417 e. The monoisotopic (exact) mass is 389 g/mol. The summed E-state index contributed by atoms with van der Waals surface area (Å²) < 4.78 is 5.48. The first-order valence-electron chi connectivity index (χ1n) is 8.96. The number of nitrogens with zero attached hydrogens (tertiary/aromatic N) is 4. The molecule has 0 atom stereocenters. The second kappa shape index (κ2) is 7.19. The van der Waals surface area contributed by atoms with Gasteiger partial charge in [0.15, 0.2) is 0 Å². The number of urea groups is 1. The standard InChI is InChI=1S/C18H20ClN5O3/c1-11-2-5-13(10-14(11)19)20-18(26)24-8-6-23(7-9-24)17(25)16-22-21-15(27-16)12-3-4-12/h2,5,10,12H,3-4,6-9H2,1H3,(H,20,26). The van der Waals surface area contributed by atoms with Crippen molar-refractivity contribution in [3.8, 4) is 0 Å². The highest BCUT2D eigenvalue weighted by Crippen LogP contribution is 2.39. The lowest BCUT2D eigenvalue weighted by Crippen LogP contribution is -2.51. The molecule has 1 saturated heterocycles.